The number of sulfonamides is 1. The van der Waals surface area contributed by atoms with Crippen LogP contribution in [0.4, 0.5) is 30.1 Å². The van der Waals surface area contributed by atoms with Crippen molar-refractivity contribution in [3.05, 3.63) is 82.6 Å². The quantitative estimate of drug-likeness (QED) is 0.115. The summed E-state index contributed by atoms with van der Waals surface area (Å²) in [5.41, 5.74) is -2.24. The molecule has 0 saturated heterocycles. The fourth-order valence-corrected chi connectivity index (χ4v) is 7.56. The molecule has 0 saturated carbocycles. The first-order valence-corrected chi connectivity index (χ1v) is 20.2. The standard InChI is InChI=1S/C38H45ClF2N6O9S2/c1-22(34(49)55-37(2,3)4)42-14-15-46(36(50)56-38(5,6)7)30-16-24(39)11-13-29(30)45-33(48)26-18-28(41)32(19-27(26)40)58(51,52)47(35-43-21-44-57-35)20-23-10-12-25(53-8)17-31(23)54-9/h10-13,16-19,21-22,42H,14-15,20H2,1-9H3,(H,45,48). The van der Waals surface area contributed by atoms with E-state index < -0.39 is 73.9 Å². The second-order valence-corrected chi connectivity index (χ2v) is 17.7. The third-order valence-corrected chi connectivity index (χ3v) is 10.7. The molecule has 2 N–H and O–H groups in total. The van der Waals surface area contributed by atoms with Crippen LogP contribution in [0.3, 0.4) is 0 Å². The van der Waals surface area contributed by atoms with E-state index in [4.69, 9.17) is 30.5 Å². The summed E-state index contributed by atoms with van der Waals surface area (Å²) in [4.78, 5) is 43.8. The third-order valence-electron chi connectivity index (χ3n) is 7.86. The van der Waals surface area contributed by atoms with E-state index in [1.807, 2.05) is 0 Å². The van der Waals surface area contributed by atoms with Crippen molar-refractivity contribution in [2.45, 2.75) is 77.2 Å². The Hall–Kier alpha value is -5.11. The van der Waals surface area contributed by atoms with Crippen molar-refractivity contribution in [1.82, 2.24) is 14.7 Å². The molecule has 4 rings (SSSR count). The molecule has 15 nitrogen and oxygen atoms in total. The summed E-state index contributed by atoms with van der Waals surface area (Å²) in [6.07, 6.45) is 0.254. The summed E-state index contributed by atoms with van der Waals surface area (Å²) in [5.74, 6) is -3.85. The number of aromatic nitrogens is 2. The monoisotopic (exact) mass is 866 g/mol. The minimum atomic E-state index is -4.89. The Balaban J connectivity index is 1.66. The lowest BCUT2D eigenvalue weighted by Crippen LogP contribution is -2.45. The first kappa shape index (κ1) is 45.6. The van der Waals surface area contributed by atoms with Crippen LogP contribution in [0.15, 0.2) is 59.8 Å². The van der Waals surface area contributed by atoms with E-state index in [9.17, 15) is 22.8 Å². The van der Waals surface area contributed by atoms with E-state index in [2.05, 4.69) is 20.0 Å². The molecule has 0 spiro atoms. The van der Waals surface area contributed by atoms with Gasteiger partial charge < -0.3 is 29.6 Å². The topological polar surface area (TPSA) is 179 Å². The number of hydrogen-bond donors (Lipinski definition) is 2. The molecule has 1 atom stereocenters. The molecule has 4 aromatic rings. The number of carbonyl (C=O) groups is 3. The van der Waals surface area contributed by atoms with Gasteiger partial charge in [0.25, 0.3) is 15.9 Å². The minimum absolute atomic E-state index is 0.0172. The number of carbonyl (C=O) groups excluding carboxylic acids is 3. The average molecular weight is 867 g/mol. The summed E-state index contributed by atoms with van der Waals surface area (Å²) in [6.45, 7) is 11.2. The van der Waals surface area contributed by atoms with Crippen molar-refractivity contribution in [3.8, 4) is 11.5 Å². The van der Waals surface area contributed by atoms with Gasteiger partial charge in [-0.1, -0.05) is 11.6 Å². The fourth-order valence-electron chi connectivity index (χ4n) is 5.21. The molecule has 2 amide bonds. The van der Waals surface area contributed by atoms with Gasteiger partial charge in [-0.15, -0.1) is 0 Å². The van der Waals surface area contributed by atoms with Crippen molar-refractivity contribution in [3.63, 3.8) is 0 Å². The number of methoxy groups -OCH3 is 2. The van der Waals surface area contributed by atoms with Gasteiger partial charge >= 0.3 is 12.1 Å². The zero-order valence-corrected chi connectivity index (χ0v) is 35.7. The molecule has 314 valence electrons. The smallest absolute Gasteiger partial charge is 0.414 e. The van der Waals surface area contributed by atoms with E-state index in [0.29, 0.717) is 35.0 Å². The van der Waals surface area contributed by atoms with Crippen molar-refractivity contribution >= 4 is 67.6 Å². The summed E-state index contributed by atoms with van der Waals surface area (Å²) < 4.78 is 86.1. The SMILES string of the molecule is COc1ccc(CN(c2ncns2)S(=O)(=O)c2cc(F)c(C(=O)Nc3ccc(Cl)cc3N(CCNC(C)C(=O)OC(C)(C)C)C(=O)OC(C)(C)C)cc2F)c(OC)c1. The van der Waals surface area contributed by atoms with E-state index in [1.165, 1.54) is 38.5 Å². The Morgan fingerprint density at radius 3 is 2.22 bits per heavy atom. The number of rotatable bonds is 15. The van der Waals surface area contributed by atoms with Gasteiger partial charge in [-0.25, -0.2) is 31.3 Å². The lowest BCUT2D eigenvalue weighted by molar-refractivity contribution is -0.156. The lowest BCUT2D eigenvalue weighted by atomic mass is 10.1. The minimum Gasteiger partial charge on any atom is -0.497 e. The first-order valence-electron chi connectivity index (χ1n) is 17.6. The van der Waals surface area contributed by atoms with E-state index >= 15 is 8.78 Å². The molecule has 0 aliphatic rings. The summed E-state index contributed by atoms with van der Waals surface area (Å²) in [5, 5.41) is 5.46. The zero-order valence-electron chi connectivity index (χ0n) is 33.3. The van der Waals surface area contributed by atoms with Crippen LogP contribution in [0.1, 0.15) is 64.4 Å². The number of nitrogens with one attached hydrogen (secondary N) is 2. The Kier molecular flexibility index (Phi) is 14.7. The molecule has 1 unspecified atom stereocenters. The molecule has 1 heterocycles. The second-order valence-electron chi connectivity index (χ2n) is 14.6. The molecule has 0 radical (unpaired) electrons. The largest absolute Gasteiger partial charge is 0.497 e. The van der Waals surface area contributed by atoms with E-state index in [1.54, 1.807) is 60.6 Å². The van der Waals surface area contributed by atoms with Crippen LogP contribution < -0.4 is 29.3 Å². The van der Waals surface area contributed by atoms with Crippen molar-refractivity contribution in [1.29, 1.82) is 0 Å². The van der Waals surface area contributed by atoms with Gasteiger partial charge in [0.05, 0.1) is 37.7 Å². The number of nitrogens with zero attached hydrogens (tertiary/aromatic N) is 4. The van der Waals surface area contributed by atoms with Gasteiger partial charge in [-0.2, -0.15) is 4.37 Å². The Bertz CT molecular complexity index is 2230. The van der Waals surface area contributed by atoms with Crippen LogP contribution in [0.5, 0.6) is 11.5 Å². The lowest BCUT2D eigenvalue weighted by Gasteiger charge is -2.29. The molecule has 0 fully saturated rings. The van der Waals surface area contributed by atoms with Gasteiger partial charge in [0.2, 0.25) is 5.13 Å². The number of halogens is 3. The maximum atomic E-state index is 15.9. The second kappa shape index (κ2) is 18.6. The molecular weight excluding hydrogens is 822 g/mol. The van der Waals surface area contributed by atoms with Crippen LogP contribution in [0.25, 0.3) is 0 Å². The Morgan fingerprint density at radius 2 is 1.62 bits per heavy atom. The number of benzene rings is 3. The average Bonchev–Trinajstić information content (AvgIpc) is 3.66. The molecule has 3 aromatic carbocycles. The molecule has 0 aliphatic heterocycles. The van der Waals surface area contributed by atoms with Gasteiger partial charge in [0.15, 0.2) is 0 Å². The highest BCUT2D eigenvalue weighted by Crippen LogP contribution is 2.34. The Labute approximate surface area is 344 Å². The molecule has 0 bridgehead atoms. The first-order chi connectivity index (χ1) is 27.0. The zero-order chi connectivity index (χ0) is 43.2. The number of ether oxygens (including phenoxy) is 4. The highest BCUT2D eigenvalue weighted by molar-refractivity contribution is 7.93. The predicted molar refractivity (Wildman–Crippen MR) is 215 cm³/mol. The number of anilines is 3. The fraction of sp³-hybridized carbons (Fsp3) is 0.395. The van der Waals surface area contributed by atoms with Crippen molar-refractivity contribution < 1.29 is 50.5 Å². The van der Waals surface area contributed by atoms with Crippen molar-refractivity contribution in [2.24, 2.45) is 0 Å². The Morgan fingerprint density at radius 1 is 0.931 bits per heavy atom. The summed E-state index contributed by atoms with van der Waals surface area (Å²) in [7, 11) is -2.08. The number of hydrogen-bond acceptors (Lipinski definition) is 13. The van der Waals surface area contributed by atoms with Crippen LogP contribution in [-0.4, -0.2) is 80.3 Å². The van der Waals surface area contributed by atoms with Crippen LogP contribution in [-0.2, 0) is 30.8 Å². The van der Waals surface area contributed by atoms with Gasteiger partial charge in [-0.05, 0) is 90.9 Å². The molecule has 20 heteroatoms. The number of esters is 1. The number of amides is 2. The third kappa shape index (κ3) is 11.7. The summed E-state index contributed by atoms with van der Waals surface area (Å²) >= 11 is 7.03. The molecular formula is C38H45ClF2N6O9S2. The van der Waals surface area contributed by atoms with Gasteiger partial charge in [0, 0.05) is 41.3 Å². The molecule has 58 heavy (non-hydrogen) atoms. The van der Waals surface area contributed by atoms with E-state index in [-0.39, 0.29) is 40.4 Å². The van der Waals surface area contributed by atoms with Crippen LogP contribution in [0, 0.1) is 11.6 Å². The normalized spacial score (nSPS) is 12.3. The van der Waals surface area contributed by atoms with Crippen LogP contribution >= 0.6 is 23.1 Å². The highest BCUT2D eigenvalue weighted by Gasteiger charge is 2.34. The maximum Gasteiger partial charge on any atom is 0.414 e. The molecule has 1 aromatic heterocycles. The maximum absolute atomic E-state index is 15.9. The van der Waals surface area contributed by atoms with Crippen molar-refractivity contribution in [2.75, 3.05) is 41.8 Å². The summed E-state index contributed by atoms with van der Waals surface area (Å²) in [6, 6.07) is 8.80. The van der Waals surface area contributed by atoms with E-state index in [0.717, 1.165) is 15.5 Å². The van der Waals surface area contributed by atoms with Gasteiger partial charge in [0.1, 0.15) is 51.6 Å². The van der Waals surface area contributed by atoms with Crippen LogP contribution in [0.2, 0.25) is 5.02 Å². The molecule has 0 aliphatic carbocycles. The van der Waals surface area contributed by atoms with Gasteiger partial charge in [-0.3, -0.25) is 14.5 Å². The predicted octanol–water partition coefficient (Wildman–Crippen LogP) is 7.20. The highest BCUT2D eigenvalue weighted by atomic mass is 35.5.